The standard InChI is InChI=1S/C20H28N4O4S/c1-14(2)28-17-11-15(19(26)22-20-21-4-9-29-20)10-16(12-17)27-13-18(25)24-7-5-23(3)6-8-24/h10-12,14H,4-9,13H2,1-3H3,(H,21,22,26). The molecule has 1 fully saturated rings. The van der Waals surface area contributed by atoms with Crippen LogP contribution in [0.2, 0.25) is 0 Å². The van der Waals surface area contributed by atoms with E-state index in [1.807, 2.05) is 20.9 Å². The zero-order valence-electron chi connectivity index (χ0n) is 17.1. The molecule has 1 N–H and O–H groups in total. The Morgan fingerprint density at radius 2 is 1.90 bits per heavy atom. The molecule has 0 saturated carbocycles. The van der Waals surface area contributed by atoms with Crippen LogP contribution in [-0.2, 0) is 4.79 Å². The van der Waals surface area contributed by atoms with Crippen LogP contribution < -0.4 is 14.8 Å². The van der Waals surface area contributed by atoms with E-state index in [-0.39, 0.29) is 24.5 Å². The summed E-state index contributed by atoms with van der Waals surface area (Å²) in [5.41, 5.74) is 0.403. The van der Waals surface area contributed by atoms with Crippen molar-refractivity contribution in [2.45, 2.75) is 20.0 Å². The van der Waals surface area contributed by atoms with Gasteiger partial charge in [0.1, 0.15) is 11.5 Å². The van der Waals surface area contributed by atoms with Gasteiger partial charge in [-0.15, -0.1) is 0 Å². The summed E-state index contributed by atoms with van der Waals surface area (Å²) in [7, 11) is 2.04. The molecule has 2 aliphatic heterocycles. The minimum Gasteiger partial charge on any atom is -0.491 e. The fourth-order valence-electron chi connectivity index (χ4n) is 3.00. The number of piperazine rings is 1. The van der Waals surface area contributed by atoms with Gasteiger partial charge >= 0.3 is 0 Å². The number of aliphatic imine (C=N–C) groups is 1. The van der Waals surface area contributed by atoms with Gasteiger partial charge in [-0.3, -0.25) is 14.6 Å². The first kappa shape index (κ1) is 21.4. The van der Waals surface area contributed by atoms with Crippen LogP contribution in [0.5, 0.6) is 11.5 Å². The molecule has 0 bridgehead atoms. The maximum Gasteiger partial charge on any atom is 0.260 e. The molecule has 1 aromatic rings. The quantitative estimate of drug-likeness (QED) is 0.750. The average molecular weight is 421 g/mol. The third-order valence-electron chi connectivity index (χ3n) is 4.54. The molecule has 1 aromatic carbocycles. The van der Waals surface area contributed by atoms with Crippen molar-refractivity contribution in [2.24, 2.45) is 4.99 Å². The normalized spacial score (nSPS) is 17.2. The number of ether oxygens (including phenoxy) is 2. The average Bonchev–Trinajstić information content (AvgIpc) is 3.19. The van der Waals surface area contributed by atoms with Crippen molar-refractivity contribution in [3.63, 3.8) is 0 Å². The Morgan fingerprint density at radius 3 is 2.55 bits per heavy atom. The highest BCUT2D eigenvalue weighted by Crippen LogP contribution is 2.24. The zero-order valence-corrected chi connectivity index (χ0v) is 18.0. The first-order valence-corrected chi connectivity index (χ1v) is 10.8. The number of hydrogen-bond acceptors (Lipinski definition) is 7. The van der Waals surface area contributed by atoms with Crippen molar-refractivity contribution in [2.75, 3.05) is 52.1 Å². The molecule has 2 aliphatic rings. The lowest BCUT2D eigenvalue weighted by atomic mass is 10.2. The van der Waals surface area contributed by atoms with Crippen LogP contribution in [0.1, 0.15) is 24.2 Å². The monoisotopic (exact) mass is 420 g/mol. The molecular weight excluding hydrogens is 392 g/mol. The van der Waals surface area contributed by atoms with Crippen LogP contribution in [0, 0.1) is 0 Å². The van der Waals surface area contributed by atoms with Crippen LogP contribution in [0.15, 0.2) is 23.2 Å². The SMILES string of the molecule is CC(C)Oc1cc(OCC(=O)N2CCN(C)CC2)cc(C(=O)NC2=NCCS2)c1. The van der Waals surface area contributed by atoms with Gasteiger partial charge in [0.15, 0.2) is 11.8 Å². The molecule has 9 heteroatoms. The molecule has 1 saturated heterocycles. The highest BCUT2D eigenvalue weighted by Gasteiger charge is 2.20. The molecule has 3 rings (SSSR count). The first-order chi connectivity index (χ1) is 13.9. The van der Waals surface area contributed by atoms with E-state index in [0.29, 0.717) is 41.9 Å². The van der Waals surface area contributed by atoms with Gasteiger partial charge in [-0.1, -0.05) is 11.8 Å². The first-order valence-electron chi connectivity index (χ1n) is 9.80. The summed E-state index contributed by atoms with van der Waals surface area (Å²) in [5, 5.41) is 3.43. The molecule has 29 heavy (non-hydrogen) atoms. The molecule has 0 aromatic heterocycles. The topological polar surface area (TPSA) is 83.5 Å². The van der Waals surface area contributed by atoms with Crippen molar-refractivity contribution < 1.29 is 19.1 Å². The van der Waals surface area contributed by atoms with Gasteiger partial charge in [-0.2, -0.15) is 0 Å². The van der Waals surface area contributed by atoms with Gasteiger partial charge in [-0.05, 0) is 33.0 Å². The van der Waals surface area contributed by atoms with Crippen molar-refractivity contribution in [3.05, 3.63) is 23.8 Å². The van der Waals surface area contributed by atoms with Gasteiger partial charge in [-0.25, -0.2) is 0 Å². The summed E-state index contributed by atoms with van der Waals surface area (Å²) in [4.78, 5) is 33.3. The fourth-order valence-corrected chi connectivity index (χ4v) is 3.72. The predicted molar refractivity (Wildman–Crippen MR) is 114 cm³/mol. The van der Waals surface area contributed by atoms with Crippen molar-refractivity contribution >= 4 is 28.7 Å². The van der Waals surface area contributed by atoms with E-state index in [1.54, 1.807) is 23.1 Å². The summed E-state index contributed by atoms with van der Waals surface area (Å²) in [6.07, 6.45) is -0.0529. The molecule has 2 heterocycles. The van der Waals surface area contributed by atoms with Crippen LogP contribution in [0.4, 0.5) is 0 Å². The van der Waals surface area contributed by atoms with E-state index in [0.717, 1.165) is 18.8 Å². The Hall–Kier alpha value is -2.26. The maximum atomic E-state index is 12.6. The number of carbonyl (C=O) groups is 2. The second-order valence-electron chi connectivity index (χ2n) is 7.32. The zero-order chi connectivity index (χ0) is 20.8. The highest BCUT2D eigenvalue weighted by atomic mass is 32.2. The Kier molecular flexibility index (Phi) is 7.38. The summed E-state index contributed by atoms with van der Waals surface area (Å²) in [6.45, 7) is 7.57. The van der Waals surface area contributed by atoms with Gasteiger partial charge in [0, 0.05) is 43.6 Å². The van der Waals surface area contributed by atoms with E-state index in [4.69, 9.17) is 9.47 Å². The molecule has 0 unspecified atom stereocenters. The lowest BCUT2D eigenvalue weighted by Crippen LogP contribution is -2.48. The Balaban J connectivity index is 1.67. The van der Waals surface area contributed by atoms with E-state index < -0.39 is 0 Å². The van der Waals surface area contributed by atoms with E-state index in [1.165, 1.54) is 11.8 Å². The molecule has 0 atom stereocenters. The Bertz CT molecular complexity index is 776. The second-order valence-corrected chi connectivity index (χ2v) is 8.41. The minimum atomic E-state index is -0.275. The molecule has 0 spiro atoms. The van der Waals surface area contributed by atoms with Gasteiger partial charge in [0.2, 0.25) is 0 Å². The van der Waals surface area contributed by atoms with Crippen LogP contribution in [0.3, 0.4) is 0 Å². The van der Waals surface area contributed by atoms with Crippen molar-refractivity contribution in [3.8, 4) is 11.5 Å². The number of hydrogen-bond donors (Lipinski definition) is 1. The van der Waals surface area contributed by atoms with E-state index in [2.05, 4.69) is 15.2 Å². The number of nitrogens with zero attached hydrogens (tertiary/aromatic N) is 3. The molecule has 0 aliphatic carbocycles. The number of likely N-dealkylation sites (N-methyl/N-ethyl adjacent to an activating group) is 1. The number of thioether (sulfide) groups is 1. The largest absolute Gasteiger partial charge is 0.491 e. The van der Waals surface area contributed by atoms with Crippen LogP contribution in [-0.4, -0.2) is 85.0 Å². The number of rotatable bonds is 6. The number of benzene rings is 1. The molecule has 8 nitrogen and oxygen atoms in total. The fraction of sp³-hybridized carbons (Fsp3) is 0.550. The lowest BCUT2D eigenvalue weighted by Gasteiger charge is -2.32. The van der Waals surface area contributed by atoms with Gasteiger partial charge in [0.25, 0.3) is 11.8 Å². The Morgan fingerprint density at radius 1 is 1.17 bits per heavy atom. The number of carbonyl (C=O) groups excluding carboxylic acids is 2. The molecule has 2 amide bonds. The number of amides is 2. The van der Waals surface area contributed by atoms with Crippen LogP contribution in [0.25, 0.3) is 0 Å². The highest BCUT2D eigenvalue weighted by molar-refractivity contribution is 8.14. The Labute approximate surface area is 175 Å². The maximum absolute atomic E-state index is 12.6. The summed E-state index contributed by atoms with van der Waals surface area (Å²) >= 11 is 1.52. The van der Waals surface area contributed by atoms with E-state index >= 15 is 0 Å². The minimum absolute atomic E-state index is 0.0529. The third-order valence-corrected chi connectivity index (χ3v) is 5.43. The second kappa shape index (κ2) is 9.98. The van der Waals surface area contributed by atoms with Crippen molar-refractivity contribution in [1.82, 2.24) is 15.1 Å². The van der Waals surface area contributed by atoms with Gasteiger partial charge < -0.3 is 24.6 Å². The van der Waals surface area contributed by atoms with Gasteiger partial charge in [0.05, 0.1) is 12.6 Å². The molecule has 0 radical (unpaired) electrons. The summed E-state index contributed by atoms with van der Waals surface area (Å²) < 4.78 is 11.5. The van der Waals surface area contributed by atoms with E-state index in [9.17, 15) is 9.59 Å². The molecule has 158 valence electrons. The number of amidine groups is 1. The van der Waals surface area contributed by atoms with Crippen LogP contribution >= 0.6 is 11.8 Å². The lowest BCUT2D eigenvalue weighted by molar-refractivity contribution is -0.134. The predicted octanol–water partition coefficient (Wildman–Crippen LogP) is 1.46. The number of nitrogens with one attached hydrogen (secondary N) is 1. The summed E-state index contributed by atoms with van der Waals surface area (Å²) in [5.74, 6) is 1.49. The third kappa shape index (κ3) is 6.37. The summed E-state index contributed by atoms with van der Waals surface area (Å²) in [6, 6.07) is 5.00. The molecular formula is C20H28N4O4S. The van der Waals surface area contributed by atoms with Crippen molar-refractivity contribution in [1.29, 1.82) is 0 Å². The smallest absolute Gasteiger partial charge is 0.260 e.